The van der Waals surface area contributed by atoms with E-state index in [9.17, 15) is 26.7 Å². The molecule has 220 valence electrons. The maximum atomic E-state index is 13.0. The monoisotopic (exact) mass is 577 g/mol. The minimum absolute atomic E-state index is 0.170. The summed E-state index contributed by atoms with van der Waals surface area (Å²) in [5.74, 6) is -0.694. The molecule has 0 bridgehead atoms. The van der Waals surface area contributed by atoms with E-state index in [1.54, 1.807) is 6.92 Å². The molecule has 0 saturated carbocycles. The van der Waals surface area contributed by atoms with E-state index in [4.69, 9.17) is 23.7 Å². The molecule has 5 unspecified atom stereocenters. The van der Waals surface area contributed by atoms with Gasteiger partial charge in [0.2, 0.25) is 6.29 Å². The van der Waals surface area contributed by atoms with Crippen LogP contribution in [0.15, 0.2) is 58.8 Å². The fourth-order valence-electron chi connectivity index (χ4n) is 3.79. The summed E-state index contributed by atoms with van der Waals surface area (Å²) in [6.07, 6.45) is -15.2. The van der Waals surface area contributed by atoms with Gasteiger partial charge in [0.05, 0.1) is 17.5 Å². The van der Waals surface area contributed by atoms with Crippen LogP contribution in [0.25, 0.3) is 0 Å². The largest absolute Gasteiger partial charge is 0.499 e. The fourth-order valence-corrected chi connectivity index (χ4v) is 3.79. The number of benzene rings is 2. The van der Waals surface area contributed by atoms with Crippen molar-refractivity contribution in [2.24, 2.45) is 10.2 Å². The van der Waals surface area contributed by atoms with Crippen molar-refractivity contribution in [3.8, 4) is 5.75 Å². The van der Waals surface area contributed by atoms with Crippen LogP contribution < -0.4 is 10.1 Å². The highest BCUT2D eigenvalue weighted by Gasteiger charge is 2.61. The second-order valence-corrected chi connectivity index (χ2v) is 8.42. The van der Waals surface area contributed by atoms with E-state index < -0.39 is 54.8 Å². The van der Waals surface area contributed by atoms with Gasteiger partial charge >= 0.3 is 18.4 Å². The number of anilines is 1. The lowest BCUT2D eigenvalue weighted by Gasteiger charge is -2.43. The molecular formula is C25H28F5N3O7. The summed E-state index contributed by atoms with van der Waals surface area (Å²) in [4.78, 5) is 12.5. The van der Waals surface area contributed by atoms with E-state index in [2.05, 4.69) is 20.3 Å². The number of nitrogens with zero attached hydrogens (tertiary/aromatic N) is 2. The summed E-state index contributed by atoms with van der Waals surface area (Å²) in [5.41, 5.74) is 0.894. The van der Waals surface area contributed by atoms with Gasteiger partial charge in [-0.1, -0.05) is 0 Å². The SMILES string of the molecule is CCOC1C(OC)C(C)OC(OC(=O)Nc2ccc(N=Nc3ccc(OC(F)(F)C(F)(F)F)cc3)cc2)C1OC. The molecule has 1 saturated heterocycles. The lowest BCUT2D eigenvalue weighted by atomic mass is 9.99. The van der Waals surface area contributed by atoms with E-state index >= 15 is 0 Å². The first-order valence-corrected chi connectivity index (χ1v) is 11.9. The quantitative estimate of drug-likeness (QED) is 0.258. The van der Waals surface area contributed by atoms with Gasteiger partial charge in [0, 0.05) is 26.5 Å². The number of methoxy groups -OCH3 is 2. The summed E-state index contributed by atoms with van der Waals surface area (Å²) in [6, 6.07) is 10.2. The standard InChI is InChI=1S/C25H28F5N3O7/c1-5-37-20-19(35-3)14(2)38-22(21(20)36-4)39-23(34)31-15-6-8-16(9-7-15)32-33-17-10-12-18(13-11-17)40-25(29,30)24(26,27)28/h6-14,19-22H,5H2,1-4H3,(H,31,34). The third-order valence-electron chi connectivity index (χ3n) is 5.66. The number of rotatable bonds is 10. The Morgan fingerprint density at radius 1 is 0.900 bits per heavy atom. The first-order chi connectivity index (χ1) is 18.9. The number of hydrogen-bond acceptors (Lipinski definition) is 9. The zero-order chi connectivity index (χ0) is 29.5. The molecule has 2 aromatic carbocycles. The Bertz CT molecular complexity index is 1130. The summed E-state index contributed by atoms with van der Waals surface area (Å²) in [6.45, 7) is 3.98. The second-order valence-electron chi connectivity index (χ2n) is 8.42. The molecule has 0 spiro atoms. The molecule has 2 aromatic rings. The van der Waals surface area contributed by atoms with E-state index in [0.29, 0.717) is 18.0 Å². The number of hydrogen-bond donors (Lipinski definition) is 1. The first-order valence-electron chi connectivity index (χ1n) is 11.9. The molecule has 15 heteroatoms. The third kappa shape index (κ3) is 7.84. The Morgan fingerprint density at radius 3 is 1.95 bits per heavy atom. The molecule has 10 nitrogen and oxygen atoms in total. The normalized spacial score (nSPS) is 23.7. The predicted molar refractivity (Wildman–Crippen MR) is 130 cm³/mol. The lowest BCUT2D eigenvalue weighted by Crippen LogP contribution is -2.60. The Balaban J connectivity index is 1.57. The number of ether oxygens (including phenoxy) is 6. The van der Waals surface area contributed by atoms with Gasteiger partial charge in [0.15, 0.2) is 0 Å². The van der Waals surface area contributed by atoms with Crippen LogP contribution in [0.1, 0.15) is 13.8 Å². The van der Waals surface area contributed by atoms with Crippen molar-refractivity contribution in [2.75, 3.05) is 26.1 Å². The van der Waals surface area contributed by atoms with Crippen LogP contribution in [-0.4, -0.2) is 69.9 Å². The van der Waals surface area contributed by atoms with Crippen molar-refractivity contribution in [3.05, 3.63) is 48.5 Å². The molecule has 3 rings (SSSR count). The van der Waals surface area contributed by atoms with Crippen LogP contribution in [0.4, 0.5) is 43.8 Å². The van der Waals surface area contributed by atoms with Gasteiger partial charge in [-0.25, -0.2) is 4.79 Å². The Kier molecular flexibility index (Phi) is 10.4. The Hall–Kier alpha value is -3.40. The molecule has 1 heterocycles. The van der Waals surface area contributed by atoms with Crippen LogP contribution >= 0.6 is 0 Å². The van der Waals surface area contributed by atoms with Gasteiger partial charge < -0.3 is 28.4 Å². The molecule has 40 heavy (non-hydrogen) atoms. The third-order valence-corrected chi connectivity index (χ3v) is 5.66. The molecule has 1 amide bonds. The maximum absolute atomic E-state index is 13.0. The molecule has 1 fully saturated rings. The Morgan fingerprint density at radius 2 is 1.45 bits per heavy atom. The highest BCUT2D eigenvalue weighted by Crippen LogP contribution is 2.37. The minimum Gasteiger partial charge on any atom is -0.426 e. The average Bonchev–Trinajstić information content (AvgIpc) is 2.88. The topological polar surface area (TPSA) is 109 Å². The maximum Gasteiger partial charge on any atom is 0.499 e. The van der Waals surface area contributed by atoms with E-state index in [1.165, 1.54) is 38.5 Å². The van der Waals surface area contributed by atoms with Crippen molar-refractivity contribution in [1.82, 2.24) is 0 Å². The van der Waals surface area contributed by atoms with Crippen molar-refractivity contribution in [1.29, 1.82) is 0 Å². The van der Waals surface area contributed by atoms with Crippen LogP contribution in [0, 0.1) is 0 Å². The van der Waals surface area contributed by atoms with Gasteiger partial charge in [-0.2, -0.15) is 32.2 Å². The fraction of sp³-hybridized carbons (Fsp3) is 0.480. The number of carbonyl (C=O) groups is 1. The number of azo groups is 1. The van der Waals surface area contributed by atoms with Crippen molar-refractivity contribution in [3.63, 3.8) is 0 Å². The number of halogens is 5. The zero-order valence-electron chi connectivity index (χ0n) is 21.9. The number of carbonyl (C=O) groups excluding carboxylic acids is 1. The van der Waals surface area contributed by atoms with E-state index in [0.717, 1.165) is 24.3 Å². The van der Waals surface area contributed by atoms with Gasteiger partial charge in [-0.3, -0.25) is 5.32 Å². The number of nitrogens with one attached hydrogen (secondary N) is 1. The van der Waals surface area contributed by atoms with Crippen molar-refractivity contribution in [2.45, 2.75) is 56.8 Å². The van der Waals surface area contributed by atoms with E-state index in [-0.39, 0.29) is 5.69 Å². The summed E-state index contributed by atoms with van der Waals surface area (Å²) < 4.78 is 94.4. The van der Waals surface area contributed by atoms with Crippen molar-refractivity contribution < 1.29 is 55.2 Å². The van der Waals surface area contributed by atoms with E-state index in [1.807, 2.05) is 6.92 Å². The Labute approximate surface area is 226 Å². The molecule has 0 radical (unpaired) electrons. The lowest BCUT2D eigenvalue weighted by molar-refractivity contribution is -0.360. The highest BCUT2D eigenvalue weighted by molar-refractivity contribution is 5.84. The van der Waals surface area contributed by atoms with Crippen LogP contribution in [0.2, 0.25) is 0 Å². The summed E-state index contributed by atoms with van der Waals surface area (Å²) in [5, 5.41) is 10.4. The summed E-state index contributed by atoms with van der Waals surface area (Å²) in [7, 11) is 2.97. The van der Waals surface area contributed by atoms with Crippen molar-refractivity contribution >= 4 is 23.2 Å². The molecule has 1 N–H and O–H groups in total. The van der Waals surface area contributed by atoms with Crippen LogP contribution in [0.5, 0.6) is 5.75 Å². The molecule has 1 aliphatic heterocycles. The predicted octanol–water partition coefficient (Wildman–Crippen LogP) is 6.36. The highest BCUT2D eigenvalue weighted by atomic mass is 19.4. The van der Waals surface area contributed by atoms with Crippen LogP contribution in [0.3, 0.4) is 0 Å². The zero-order valence-corrected chi connectivity index (χ0v) is 21.9. The molecule has 0 aliphatic carbocycles. The molecule has 0 aromatic heterocycles. The first kappa shape index (κ1) is 31.1. The molecule has 1 aliphatic rings. The number of alkyl halides is 5. The molecular weight excluding hydrogens is 549 g/mol. The van der Waals surface area contributed by atoms with Gasteiger partial charge in [0.25, 0.3) is 0 Å². The van der Waals surface area contributed by atoms with Gasteiger partial charge in [-0.15, -0.1) is 0 Å². The van der Waals surface area contributed by atoms with Crippen LogP contribution in [-0.2, 0) is 23.7 Å². The minimum atomic E-state index is -5.85. The van der Waals surface area contributed by atoms with Gasteiger partial charge in [-0.05, 0) is 62.4 Å². The van der Waals surface area contributed by atoms with Gasteiger partial charge in [0.1, 0.15) is 24.1 Å². The molecule has 5 atom stereocenters. The number of amides is 1. The summed E-state index contributed by atoms with van der Waals surface area (Å²) >= 11 is 0. The smallest absolute Gasteiger partial charge is 0.426 e. The average molecular weight is 578 g/mol. The second kappa shape index (κ2) is 13.3.